The van der Waals surface area contributed by atoms with Gasteiger partial charge in [-0.05, 0) is 36.4 Å². The van der Waals surface area contributed by atoms with Crippen LogP contribution in [0.4, 0.5) is 5.69 Å². The number of hydrogen-bond donors (Lipinski definition) is 3. The molecule has 1 aromatic heterocycles. The van der Waals surface area contributed by atoms with Gasteiger partial charge in [0.1, 0.15) is 6.17 Å². The molecule has 0 fully saturated rings. The number of carbonyl (C=O) groups excluding carboxylic acids is 1. The minimum absolute atomic E-state index is 0.116. The molecule has 1 unspecified atom stereocenters. The van der Waals surface area contributed by atoms with Crippen molar-refractivity contribution >= 4 is 52.4 Å². The Morgan fingerprint density at radius 2 is 1.75 bits per heavy atom. The lowest BCUT2D eigenvalue weighted by molar-refractivity contribution is 0.0696. The molecule has 1 aromatic carbocycles. The van der Waals surface area contributed by atoms with E-state index in [1.54, 1.807) is 12.1 Å². The van der Waals surface area contributed by atoms with Gasteiger partial charge in [0.2, 0.25) is 3.79 Å². The number of carbonyl (C=O) groups is 2. The first kappa shape index (κ1) is 18.3. The van der Waals surface area contributed by atoms with Crippen LogP contribution in [-0.4, -0.2) is 31.9 Å². The van der Waals surface area contributed by atoms with Crippen molar-refractivity contribution in [1.82, 2.24) is 10.3 Å². The van der Waals surface area contributed by atoms with Crippen molar-refractivity contribution in [2.45, 2.75) is 9.96 Å². The number of carboxylic acids is 1. The third-order valence-corrected chi connectivity index (χ3v) is 3.62. The second-order valence-electron chi connectivity index (χ2n) is 4.72. The standard InChI is InChI=1S/C15H12Cl3N3O3/c16-15(17,18)14(21-12(22)10-2-1-7-19-8-10)20-11-5-3-9(4-6-11)13(23)24/h1-8,14,20H,(H,21,22)(H,23,24). The quantitative estimate of drug-likeness (QED) is 0.540. The van der Waals surface area contributed by atoms with Crippen LogP contribution in [0.25, 0.3) is 0 Å². The number of pyridine rings is 1. The monoisotopic (exact) mass is 387 g/mol. The number of anilines is 1. The molecule has 9 heteroatoms. The lowest BCUT2D eigenvalue weighted by Gasteiger charge is -2.27. The van der Waals surface area contributed by atoms with Crippen LogP contribution in [0, 0.1) is 0 Å². The van der Waals surface area contributed by atoms with Crippen molar-refractivity contribution in [3.63, 3.8) is 0 Å². The molecular formula is C15H12Cl3N3O3. The topological polar surface area (TPSA) is 91.3 Å². The summed E-state index contributed by atoms with van der Waals surface area (Å²) in [5.74, 6) is -1.53. The molecule has 0 aliphatic rings. The maximum atomic E-state index is 12.2. The van der Waals surface area contributed by atoms with Gasteiger partial charge in [0.25, 0.3) is 5.91 Å². The van der Waals surface area contributed by atoms with Gasteiger partial charge in [-0.3, -0.25) is 9.78 Å². The highest BCUT2D eigenvalue weighted by molar-refractivity contribution is 6.68. The number of halogens is 3. The first-order chi connectivity index (χ1) is 11.3. The second kappa shape index (κ2) is 7.70. The van der Waals surface area contributed by atoms with E-state index >= 15 is 0 Å². The van der Waals surface area contributed by atoms with Gasteiger partial charge < -0.3 is 15.7 Å². The van der Waals surface area contributed by atoms with E-state index in [1.165, 1.54) is 36.7 Å². The van der Waals surface area contributed by atoms with E-state index in [9.17, 15) is 9.59 Å². The summed E-state index contributed by atoms with van der Waals surface area (Å²) in [4.78, 5) is 26.9. The van der Waals surface area contributed by atoms with Crippen LogP contribution in [0.1, 0.15) is 20.7 Å². The Morgan fingerprint density at radius 1 is 1.08 bits per heavy atom. The molecule has 6 nitrogen and oxygen atoms in total. The molecule has 126 valence electrons. The Bertz CT molecular complexity index is 718. The second-order valence-corrected chi connectivity index (χ2v) is 7.09. The summed E-state index contributed by atoms with van der Waals surface area (Å²) in [6.07, 6.45) is 1.86. The van der Waals surface area contributed by atoms with Crippen molar-refractivity contribution < 1.29 is 14.7 Å². The number of nitrogens with one attached hydrogen (secondary N) is 2. The summed E-state index contributed by atoms with van der Waals surface area (Å²) >= 11 is 17.7. The van der Waals surface area contributed by atoms with E-state index in [0.717, 1.165) is 0 Å². The summed E-state index contributed by atoms with van der Waals surface area (Å²) in [5.41, 5.74) is 0.896. The van der Waals surface area contributed by atoms with E-state index in [1.807, 2.05) is 0 Å². The summed E-state index contributed by atoms with van der Waals surface area (Å²) in [7, 11) is 0. The van der Waals surface area contributed by atoms with E-state index in [0.29, 0.717) is 11.3 Å². The number of hydrogen-bond acceptors (Lipinski definition) is 4. The zero-order valence-corrected chi connectivity index (χ0v) is 14.3. The molecule has 0 aliphatic carbocycles. The first-order valence-electron chi connectivity index (χ1n) is 6.65. The van der Waals surface area contributed by atoms with Crippen molar-refractivity contribution in [2.75, 3.05) is 5.32 Å². The Hall–Kier alpha value is -2.02. The van der Waals surface area contributed by atoms with Crippen molar-refractivity contribution in [3.8, 4) is 0 Å². The van der Waals surface area contributed by atoms with Gasteiger partial charge in [-0.1, -0.05) is 34.8 Å². The number of aromatic carboxylic acids is 1. The van der Waals surface area contributed by atoms with Crippen LogP contribution in [0.2, 0.25) is 0 Å². The van der Waals surface area contributed by atoms with Crippen LogP contribution in [0.3, 0.4) is 0 Å². The van der Waals surface area contributed by atoms with Crippen LogP contribution in [0.5, 0.6) is 0 Å². The van der Waals surface area contributed by atoms with E-state index in [4.69, 9.17) is 39.9 Å². The van der Waals surface area contributed by atoms with E-state index in [2.05, 4.69) is 15.6 Å². The largest absolute Gasteiger partial charge is 0.478 e. The number of benzene rings is 1. The average Bonchev–Trinajstić information content (AvgIpc) is 2.54. The minimum atomic E-state index is -1.84. The van der Waals surface area contributed by atoms with Gasteiger partial charge in [0.05, 0.1) is 11.1 Å². The highest BCUT2D eigenvalue weighted by Crippen LogP contribution is 2.31. The summed E-state index contributed by atoms with van der Waals surface area (Å²) in [6, 6.07) is 8.97. The highest BCUT2D eigenvalue weighted by Gasteiger charge is 2.34. The van der Waals surface area contributed by atoms with E-state index < -0.39 is 21.8 Å². The molecule has 1 amide bonds. The Morgan fingerprint density at radius 3 is 2.25 bits per heavy atom. The molecular weight excluding hydrogens is 377 g/mol. The molecule has 0 radical (unpaired) electrons. The van der Waals surface area contributed by atoms with Crippen LogP contribution >= 0.6 is 34.8 Å². The van der Waals surface area contributed by atoms with Crippen molar-refractivity contribution in [3.05, 3.63) is 59.9 Å². The predicted molar refractivity (Wildman–Crippen MR) is 92.8 cm³/mol. The zero-order valence-electron chi connectivity index (χ0n) is 12.0. The fraction of sp³-hybridized carbons (Fsp3) is 0.133. The van der Waals surface area contributed by atoms with Gasteiger partial charge >= 0.3 is 5.97 Å². The number of nitrogens with zero attached hydrogens (tertiary/aromatic N) is 1. The van der Waals surface area contributed by atoms with Gasteiger partial charge in [0, 0.05) is 18.1 Å². The molecule has 2 aromatic rings. The van der Waals surface area contributed by atoms with Crippen molar-refractivity contribution in [2.24, 2.45) is 0 Å². The first-order valence-corrected chi connectivity index (χ1v) is 7.78. The van der Waals surface area contributed by atoms with Crippen LogP contribution in [0.15, 0.2) is 48.8 Å². The highest BCUT2D eigenvalue weighted by atomic mass is 35.6. The number of rotatable bonds is 5. The molecule has 0 bridgehead atoms. The van der Waals surface area contributed by atoms with Gasteiger partial charge in [-0.25, -0.2) is 4.79 Å². The summed E-state index contributed by atoms with van der Waals surface area (Å²) in [6.45, 7) is 0. The molecule has 24 heavy (non-hydrogen) atoms. The molecule has 0 spiro atoms. The summed E-state index contributed by atoms with van der Waals surface area (Å²) in [5, 5.41) is 14.3. The van der Waals surface area contributed by atoms with Gasteiger partial charge in [-0.2, -0.15) is 0 Å². The molecule has 0 saturated carbocycles. The fourth-order valence-corrected chi connectivity index (χ4v) is 2.11. The Kier molecular flexibility index (Phi) is 5.88. The van der Waals surface area contributed by atoms with E-state index in [-0.39, 0.29) is 5.56 Å². The zero-order chi connectivity index (χ0) is 17.7. The van der Waals surface area contributed by atoms with Crippen LogP contribution < -0.4 is 10.6 Å². The number of aromatic nitrogens is 1. The van der Waals surface area contributed by atoms with Crippen LogP contribution in [-0.2, 0) is 0 Å². The third-order valence-electron chi connectivity index (χ3n) is 2.97. The SMILES string of the molecule is O=C(O)c1ccc(NC(NC(=O)c2cccnc2)C(Cl)(Cl)Cl)cc1. The van der Waals surface area contributed by atoms with Gasteiger partial charge in [0.15, 0.2) is 0 Å². The Balaban J connectivity index is 2.14. The lowest BCUT2D eigenvalue weighted by atomic mass is 10.2. The smallest absolute Gasteiger partial charge is 0.335 e. The molecule has 0 saturated heterocycles. The molecule has 0 aliphatic heterocycles. The molecule has 1 heterocycles. The lowest BCUT2D eigenvalue weighted by Crippen LogP contribution is -2.49. The molecule has 2 rings (SSSR count). The third kappa shape index (κ3) is 4.99. The normalized spacial score (nSPS) is 12.3. The van der Waals surface area contributed by atoms with Crippen molar-refractivity contribution in [1.29, 1.82) is 0 Å². The Labute approximate surface area is 152 Å². The number of amides is 1. The minimum Gasteiger partial charge on any atom is -0.478 e. The molecule has 1 atom stereocenters. The molecule has 3 N–H and O–H groups in total. The number of carboxylic acid groups (broad SMARTS) is 1. The fourth-order valence-electron chi connectivity index (χ4n) is 1.79. The number of alkyl halides is 3. The van der Waals surface area contributed by atoms with Gasteiger partial charge in [-0.15, -0.1) is 0 Å². The maximum Gasteiger partial charge on any atom is 0.335 e. The average molecular weight is 389 g/mol. The maximum absolute atomic E-state index is 12.2. The predicted octanol–water partition coefficient (Wildman–Crippen LogP) is 3.32. The summed E-state index contributed by atoms with van der Waals surface area (Å²) < 4.78 is -1.84.